The van der Waals surface area contributed by atoms with Crippen LogP contribution < -0.4 is 5.32 Å². The van der Waals surface area contributed by atoms with Gasteiger partial charge in [0.15, 0.2) is 0 Å². The standard InChI is InChI=1S/C26H24Cl3NO.ClH/c1-2-3-10-30-15-25(31)24-14-19(29)13-23-21(11-16-4-6-17(27)7-5-16)22-12-18(28)8-9-20(22)26(23)24;/h4-9,11-14,25,30-31H,2-3,10,15H2,1H3;1H/b21-11-;. The monoisotopic (exact) mass is 507 g/mol. The molecule has 1 aliphatic rings. The van der Waals surface area contributed by atoms with Crippen LogP contribution in [0.1, 0.15) is 48.1 Å². The van der Waals surface area contributed by atoms with Gasteiger partial charge in [-0.25, -0.2) is 0 Å². The summed E-state index contributed by atoms with van der Waals surface area (Å²) in [5, 5.41) is 16.3. The maximum absolute atomic E-state index is 11.0. The molecule has 0 saturated carbocycles. The number of unbranched alkanes of at least 4 members (excludes halogenated alkanes) is 1. The van der Waals surface area contributed by atoms with Gasteiger partial charge in [0, 0.05) is 21.6 Å². The van der Waals surface area contributed by atoms with Crippen LogP contribution in [0, 0.1) is 0 Å². The molecule has 0 amide bonds. The second kappa shape index (κ2) is 11.1. The van der Waals surface area contributed by atoms with Gasteiger partial charge in [0.05, 0.1) is 6.10 Å². The molecule has 4 rings (SSSR count). The molecule has 6 heteroatoms. The number of aliphatic hydroxyl groups is 1. The van der Waals surface area contributed by atoms with Gasteiger partial charge >= 0.3 is 0 Å². The zero-order valence-corrected chi connectivity index (χ0v) is 20.8. The number of halogens is 4. The van der Waals surface area contributed by atoms with E-state index in [2.05, 4.69) is 18.3 Å². The number of benzene rings is 3. The second-order valence-corrected chi connectivity index (χ2v) is 9.10. The summed E-state index contributed by atoms with van der Waals surface area (Å²) in [6, 6.07) is 17.4. The Hall–Kier alpha value is -1.52. The first kappa shape index (κ1) is 25.1. The first-order chi connectivity index (χ1) is 15.0. The summed E-state index contributed by atoms with van der Waals surface area (Å²) in [6.07, 6.45) is 3.64. The summed E-state index contributed by atoms with van der Waals surface area (Å²) in [6.45, 7) is 3.51. The molecule has 0 saturated heterocycles. The van der Waals surface area contributed by atoms with Crippen molar-refractivity contribution in [1.82, 2.24) is 5.32 Å². The van der Waals surface area contributed by atoms with Crippen LogP contribution in [-0.4, -0.2) is 18.2 Å². The van der Waals surface area contributed by atoms with Gasteiger partial charge in [0.25, 0.3) is 0 Å². The van der Waals surface area contributed by atoms with E-state index in [1.165, 1.54) is 0 Å². The zero-order valence-electron chi connectivity index (χ0n) is 17.7. The Bertz CT molecular complexity index is 1130. The van der Waals surface area contributed by atoms with Gasteiger partial charge in [-0.05, 0) is 94.4 Å². The highest BCUT2D eigenvalue weighted by Gasteiger charge is 2.29. The Kier molecular flexibility index (Phi) is 8.68. The predicted octanol–water partition coefficient (Wildman–Crippen LogP) is 8.06. The molecule has 32 heavy (non-hydrogen) atoms. The van der Waals surface area contributed by atoms with E-state index < -0.39 is 6.10 Å². The average molecular weight is 509 g/mol. The third-order valence-corrected chi connectivity index (χ3v) is 6.26. The van der Waals surface area contributed by atoms with Crippen molar-refractivity contribution >= 4 is 58.9 Å². The summed E-state index contributed by atoms with van der Waals surface area (Å²) >= 11 is 18.9. The summed E-state index contributed by atoms with van der Waals surface area (Å²) in [7, 11) is 0. The van der Waals surface area contributed by atoms with Crippen molar-refractivity contribution in [1.29, 1.82) is 0 Å². The topological polar surface area (TPSA) is 32.3 Å². The summed E-state index contributed by atoms with van der Waals surface area (Å²) < 4.78 is 0. The minimum absolute atomic E-state index is 0. The van der Waals surface area contributed by atoms with Gasteiger partial charge in [-0.1, -0.05) is 66.3 Å². The van der Waals surface area contributed by atoms with Crippen LogP contribution in [0.5, 0.6) is 0 Å². The second-order valence-electron chi connectivity index (χ2n) is 7.79. The Balaban J connectivity index is 0.00000289. The van der Waals surface area contributed by atoms with Gasteiger partial charge in [0.1, 0.15) is 0 Å². The predicted molar refractivity (Wildman–Crippen MR) is 140 cm³/mol. The van der Waals surface area contributed by atoms with Gasteiger partial charge < -0.3 is 10.4 Å². The van der Waals surface area contributed by atoms with E-state index in [-0.39, 0.29) is 12.4 Å². The first-order valence-corrected chi connectivity index (χ1v) is 11.6. The molecule has 1 unspecified atom stereocenters. The van der Waals surface area contributed by atoms with E-state index in [1.807, 2.05) is 54.6 Å². The summed E-state index contributed by atoms with van der Waals surface area (Å²) in [4.78, 5) is 0. The molecule has 0 aromatic heterocycles. The average Bonchev–Trinajstić information content (AvgIpc) is 3.04. The molecule has 1 aliphatic carbocycles. The summed E-state index contributed by atoms with van der Waals surface area (Å²) in [5.74, 6) is 0. The SMILES string of the molecule is CCCCNCC(O)c1cc(Cl)cc2c1-c1ccc(Cl)cc1/C2=C/c1ccc(Cl)cc1.Cl. The van der Waals surface area contributed by atoms with Crippen LogP contribution in [0.15, 0.2) is 54.6 Å². The van der Waals surface area contributed by atoms with Gasteiger partial charge in [-0.2, -0.15) is 0 Å². The van der Waals surface area contributed by atoms with Crippen LogP contribution in [-0.2, 0) is 0 Å². The van der Waals surface area contributed by atoms with Crippen molar-refractivity contribution in [3.63, 3.8) is 0 Å². The van der Waals surface area contributed by atoms with Crippen LogP contribution in [0.4, 0.5) is 0 Å². The fourth-order valence-electron chi connectivity index (χ4n) is 4.04. The molecular formula is C26H25Cl4NO. The Labute approximate surface area is 210 Å². The number of hydrogen-bond acceptors (Lipinski definition) is 2. The maximum atomic E-state index is 11.0. The molecule has 168 valence electrons. The molecule has 2 N–H and O–H groups in total. The van der Waals surface area contributed by atoms with Crippen molar-refractivity contribution in [2.75, 3.05) is 13.1 Å². The molecule has 0 radical (unpaired) electrons. The maximum Gasteiger partial charge on any atom is 0.0921 e. The number of nitrogens with one attached hydrogen (secondary N) is 1. The lowest BCUT2D eigenvalue weighted by Gasteiger charge is -2.17. The minimum Gasteiger partial charge on any atom is -0.387 e. The molecule has 0 fully saturated rings. The van der Waals surface area contributed by atoms with Crippen LogP contribution >= 0.6 is 47.2 Å². The minimum atomic E-state index is -0.664. The molecule has 0 aliphatic heterocycles. The lowest BCUT2D eigenvalue weighted by Crippen LogP contribution is -2.22. The molecule has 3 aromatic rings. The Morgan fingerprint density at radius 3 is 2.28 bits per heavy atom. The fourth-order valence-corrected chi connectivity index (χ4v) is 4.56. The van der Waals surface area contributed by atoms with E-state index in [0.717, 1.165) is 58.3 Å². The largest absolute Gasteiger partial charge is 0.387 e. The van der Waals surface area contributed by atoms with Crippen LogP contribution in [0.25, 0.3) is 22.8 Å². The first-order valence-electron chi connectivity index (χ1n) is 10.5. The Morgan fingerprint density at radius 1 is 0.875 bits per heavy atom. The molecule has 1 atom stereocenters. The smallest absolute Gasteiger partial charge is 0.0921 e. The van der Waals surface area contributed by atoms with Crippen molar-refractivity contribution in [2.24, 2.45) is 0 Å². The number of fused-ring (bicyclic) bond motifs is 3. The third-order valence-electron chi connectivity index (χ3n) is 5.55. The van der Waals surface area contributed by atoms with Gasteiger partial charge in [-0.15, -0.1) is 12.4 Å². The van der Waals surface area contributed by atoms with Crippen LogP contribution in [0.2, 0.25) is 15.1 Å². The van der Waals surface area contributed by atoms with Gasteiger partial charge in [-0.3, -0.25) is 0 Å². The Morgan fingerprint density at radius 2 is 1.56 bits per heavy atom. The highest BCUT2D eigenvalue weighted by atomic mass is 35.5. The molecule has 2 nitrogen and oxygen atoms in total. The highest BCUT2D eigenvalue weighted by Crippen LogP contribution is 2.49. The van der Waals surface area contributed by atoms with Gasteiger partial charge in [0.2, 0.25) is 0 Å². The van der Waals surface area contributed by atoms with Crippen molar-refractivity contribution in [2.45, 2.75) is 25.9 Å². The number of rotatable bonds is 7. The fraction of sp³-hybridized carbons (Fsp3) is 0.231. The van der Waals surface area contributed by atoms with E-state index in [0.29, 0.717) is 21.6 Å². The molecule has 0 spiro atoms. The third kappa shape index (κ3) is 5.34. The molecule has 0 heterocycles. The lowest BCUT2D eigenvalue weighted by atomic mass is 9.95. The van der Waals surface area contributed by atoms with Crippen molar-refractivity contribution in [3.8, 4) is 11.1 Å². The van der Waals surface area contributed by atoms with Crippen molar-refractivity contribution < 1.29 is 5.11 Å². The van der Waals surface area contributed by atoms with Crippen molar-refractivity contribution in [3.05, 3.63) is 91.9 Å². The molecule has 3 aromatic carbocycles. The summed E-state index contributed by atoms with van der Waals surface area (Å²) in [5.41, 5.74) is 7.00. The number of aliphatic hydroxyl groups excluding tert-OH is 1. The lowest BCUT2D eigenvalue weighted by molar-refractivity contribution is 0.175. The molecular weight excluding hydrogens is 484 g/mol. The van der Waals surface area contributed by atoms with E-state index in [9.17, 15) is 5.11 Å². The zero-order chi connectivity index (χ0) is 22.0. The quantitative estimate of drug-likeness (QED) is 0.247. The van der Waals surface area contributed by atoms with E-state index >= 15 is 0 Å². The number of hydrogen-bond donors (Lipinski definition) is 2. The van der Waals surface area contributed by atoms with E-state index in [1.54, 1.807) is 0 Å². The normalized spacial score (nSPS) is 14.1. The molecule has 0 bridgehead atoms. The van der Waals surface area contributed by atoms with E-state index in [4.69, 9.17) is 34.8 Å². The highest BCUT2D eigenvalue weighted by molar-refractivity contribution is 6.32. The van der Waals surface area contributed by atoms with Crippen LogP contribution in [0.3, 0.4) is 0 Å².